The largest absolute Gasteiger partial charge is 0.224 e. The number of hydrogen-bond acceptors (Lipinski definition) is 1. The van der Waals surface area contributed by atoms with Crippen LogP contribution in [0.5, 0.6) is 0 Å². The maximum absolute atomic E-state index is 11.4. The summed E-state index contributed by atoms with van der Waals surface area (Å²) in [5.74, 6) is 0. The number of halogens is 1. The molecule has 0 saturated carbocycles. The van der Waals surface area contributed by atoms with E-state index in [1.807, 2.05) is 0 Å². The zero-order valence-electron chi connectivity index (χ0n) is 4.19. The van der Waals surface area contributed by atoms with Gasteiger partial charge in [-0.3, -0.25) is 0 Å². The maximum Gasteiger partial charge on any atom is 0.0734 e. The zero-order chi connectivity index (χ0) is 5.82. The first-order valence-electron chi connectivity index (χ1n) is 2.27. The average molecular weight is 110 g/mol. The summed E-state index contributed by atoms with van der Waals surface area (Å²) in [5, 5.41) is 0. The molecule has 1 aromatic rings. The first-order chi connectivity index (χ1) is 3.93. The quantitative estimate of drug-likeness (QED) is 0.543. The lowest BCUT2D eigenvalue weighted by Gasteiger charge is -1.89. The first-order valence-corrected chi connectivity index (χ1v) is 2.27. The number of nitrogens with one attached hydrogen (secondary N) is 1. The Morgan fingerprint density at radius 2 is 2.38 bits per heavy atom. The fraction of sp³-hybridized carbons (Fsp3) is 0. The lowest BCUT2D eigenvalue weighted by molar-refractivity contribution is 0.617. The molecule has 1 aromatic carbocycles. The van der Waals surface area contributed by atoms with Gasteiger partial charge in [-0.1, -0.05) is 18.2 Å². The summed E-state index contributed by atoms with van der Waals surface area (Å²) in [7, 11) is 0. The zero-order valence-corrected chi connectivity index (χ0v) is 4.19. The van der Waals surface area contributed by atoms with Crippen LogP contribution in [0.15, 0.2) is 24.3 Å². The van der Waals surface area contributed by atoms with Gasteiger partial charge < -0.3 is 0 Å². The van der Waals surface area contributed by atoms with Gasteiger partial charge >= 0.3 is 0 Å². The average Bonchev–Trinajstić information content (AvgIpc) is 1.90. The van der Waals surface area contributed by atoms with E-state index in [2.05, 4.69) is 6.07 Å². The van der Waals surface area contributed by atoms with E-state index >= 15 is 0 Å². The molecule has 0 aliphatic heterocycles. The van der Waals surface area contributed by atoms with Crippen molar-refractivity contribution in [3.8, 4) is 0 Å². The van der Waals surface area contributed by atoms with Gasteiger partial charge in [0, 0.05) is 6.07 Å². The molecule has 0 fully saturated rings. The van der Waals surface area contributed by atoms with Gasteiger partial charge in [-0.05, 0) is 6.07 Å². The molecule has 1 N–H and O–H groups in total. The van der Waals surface area contributed by atoms with Crippen LogP contribution in [0.25, 0.3) is 0 Å². The van der Waals surface area contributed by atoms with Crippen molar-refractivity contribution in [3.63, 3.8) is 0 Å². The van der Waals surface area contributed by atoms with Crippen LogP contribution in [0, 0.1) is 6.07 Å². The fourth-order valence-corrected chi connectivity index (χ4v) is 0.452. The second-order valence-corrected chi connectivity index (χ2v) is 1.37. The molecule has 0 amide bonds. The van der Waals surface area contributed by atoms with E-state index in [4.69, 9.17) is 0 Å². The highest BCUT2D eigenvalue weighted by Crippen LogP contribution is 2.02. The molecule has 0 atom stereocenters. The number of benzene rings is 1. The summed E-state index contributed by atoms with van der Waals surface area (Å²) < 4.78 is 11.4. The summed E-state index contributed by atoms with van der Waals surface area (Å²) in [5.41, 5.74) is 1.84. The van der Waals surface area contributed by atoms with Gasteiger partial charge in [0.05, 0.1) is 5.69 Å². The first kappa shape index (κ1) is 5.09. The van der Waals surface area contributed by atoms with Crippen LogP contribution in [0.4, 0.5) is 10.2 Å². The number of hydrogen-bond donors (Lipinski definition) is 1. The summed E-state index contributed by atoms with van der Waals surface area (Å²) in [6, 6.07) is 9.38. The van der Waals surface area contributed by atoms with Crippen molar-refractivity contribution in [3.05, 3.63) is 30.3 Å². The van der Waals surface area contributed by atoms with Crippen molar-refractivity contribution in [1.29, 1.82) is 0 Å². The third-order valence-corrected chi connectivity index (χ3v) is 0.811. The smallest absolute Gasteiger partial charge is 0.0734 e. The minimum atomic E-state index is 0.368. The summed E-state index contributed by atoms with van der Waals surface area (Å²) in [4.78, 5) is 0. The van der Waals surface area contributed by atoms with Gasteiger partial charge in [-0.15, -0.1) is 4.48 Å². The van der Waals surface area contributed by atoms with E-state index in [0.717, 1.165) is 0 Å². The van der Waals surface area contributed by atoms with Crippen molar-refractivity contribution in [2.24, 2.45) is 0 Å². The highest BCUT2D eigenvalue weighted by molar-refractivity contribution is 5.38. The van der Waals surface area contributed by atoms with Gasteiger partial charge in [0.1, 0.15) is 0 Å². The predicted molar refractivity (Wildman–Crippen MR) is 30.0 cm³/mol. The molecule has 1 rings (SSSR count). The molecule has 0 spiro atoms. The Kier molecular flexibility index (Phi) is 1.47. The van der Waals surface area contributed by atoms with Crippen molar-refractivity contribution in [2.75, 3.05) is 5.54 Å². The van der Waals surface area contributed by atoms with Crippen LogP contribution in [-0.2, 0) is 0 Å². The molecule has 0 aliphatic rings. The van der Waals surface area contributed by atoms with Crippen molar-refractivity contribution in [1.82, 2.24) is 0 Å². The molecule has 8 heavy (non-hydrogen) atoms. The van der Waals surface area contributed by atoms with Gasteiger partial charge in [0.25, 0.3) is 0 Å². The Labute approximate surface area is 47.1 Å². The second kappa shape index (κ2) is 2.31. The molecule has 0 heterocycles. The van der Waals surface area contributed by atoms with Gasteiger partial charge in [0.2, 0.25) is 0 Å². The molecule has 0 bridgehead atoms. The van der Waals surface area contributed by atoms with Crippen LogP contribution in [0.3, 0.4) is 0 Å². The van der Waals surface area contributed by atoms with E-state index in [0.29, 0.717) is 5.69 Å². The topological polar surface area (TPSA) is 12.0 Å². The summed E-state index contributed by atoms with van der Waals surface area (Å²) in [6.45, 7) is 0. The molecule has 1 nitrogen and oxygen atoms in total. The maximum atomic E-state index is 11.4. The summed E-state index contributed by atoms with van der Waals surface area (Å²) in [6.07, 6.45) is 0. The molecule has 0 aliphatic carbocycles. The Morgan fingerprint density at radius 3 is 2.75 bits per heavy atom. The predicted octanol–water partition coefficient (Wildman–Crippen LogP) is 1.78. The SMILES string of the molecule is FNc1[c]cccc1. The van der Waals surface area contributed by atoms with Crippen LogP contribution in [-0.4, -0.2) is 0 Å². The van der Waals surface area contributed by atoms with Crippen LogP contribution >= 0.6 is 0 Å². The highest BCUT2D eigenvalue weighted by atomic mass is 19.2. The molecule has 41 valence electrons. The third-order valence-electron chi connectivity index (χ3n) is 0.811. The van der Waals surface area contributed by atoms with Gasteiger partial charge in [0.15, 0.2) is 0 Å². The molecule has 2 heteroatoms. The molecule has 0 aromatic heterocycles. The molecular formula is C6H5FN. The number of para-hydroxylation sites is 1. The van der Waals surface area contributed by atoms with Crippen molar-refractivity contribution < 1.29 is 4.48 Å². The van der Waals surface area contributed by atoms with Gasteiger partial charge in [-0.2, -0.15) is 0 Å². The molecule has 0 unspecified atom stereocenters. The third kappa shape index (κ3) is 0.964. The van der Waals surface area contributed by atoms with Crippen molar-refractivity contribution in [2.45, 2.75) is 0 Å². The molecule has 1 radical (unpaired) electrons. The standard InChI is InChI=1S/C6H5FN/c7-8-6-4-2-1-3-5-6/h1-4,8H. The number of rotatable bonds is 1. The minimum absolute atomic E-state index is 0.368. The lowest BCUT2D eigenvalue weighted by Crippen LogP contribution is -1.77. The normalized spacial score (nSPS) is 8.62. The Hall–Kier alpha value is -1.05. The van der Waals surface area contributed by atoms with E-state index in [1.54, 1.807) is 24.3 Å². The molecule has 0 saturated heterocycles. The van der Waals surface area contributed by atoms with Crippen LogP contribution in [0.2, 0.25) is 0 Å². The van der Waals surface area contributed by atoms with Crippen LogP contribution < -0.4 is 5.54 Å². The Balaban J connectivity index is 2.83. The van der Waals surface area contributed by atoms with E-state index in [9.17, 15) is 4.48 Å². The van der Waals surface area contributed by atoms with Crippen LogP contribution in [0.1, 0.15) is 0 Å². The second-order valence-electron chi connectivity index (χ2n) is 1.37. The van der Waals surface area contributed by atoms with E-state index in [1.165, 1.54) is 5.54 Å². The fourth-order valence-electron chi connectivity index (χ4n) is 0.452. The van der Waals surface area contributed by atoms with E-state index in [-0.39, 0.29) is 0 Å². The monoisotopic (exact) mass is 110 g/mol. The number of anilines is 1. The van der Waals surface area contributed by atoms with Gasteiger partial charge in [-0.25, -0.2) is 5.54 Å². The highest BCUT2D eigenvalue weighted by Gasteiger charge is 1.81. The summed E-state index contributed by atoms with van der Waals surface area (Å²) >= 11 is 0. The minimum Gasteiger partial charge on any atom is -0.224 e. The Bertz CT molecular complexity index is 150. The van der Waals surface area contributed by atoms with E-state index < -0.39 is 0 Å². The Morgan fingerprint density at radius 1 is 1.50 bits per heavy atom. The molecular weight excluding hydrogens is 105 g/mol. The lowest BCUT2D eigenvalue weighted by atomic mass is 10.3. The van der Waals surface area contributed by atoms with Crippen molar-refractivity contribution >= 4 is 5.69 Å².